The normalized spacial score (nSPS) is 18.1. The third-order valence-electron chi connectivity index (χ3n) is 4.77. The number of benzene rings is 2. The number of hydrogen-bond donors (Lipinski definition) is 1. The Morgan fingerprint density at radius 3 is 2.50 bits per heavy atom. The number of aliphatic hydroxyl groups is 1. The zero-order valence-corrected chi connectivity index (χ0v) is 17.3. The van der Waals surface area contributed by atoms with E-state index in [1.807, 2.05) is 6.92 Å². The monoisotopic (exact) mass is 433 g/mol. The van der Waals surface area contributed by atoms with E-state index >= 15 is 0 Å². The molecule has 6 nitrogen and oxygen atoms in total. The summed E-state index contributed by atoms with van der Waals surface area (Å²) >= 11 is 6.21. The Labute approximate surface area is 178 Å². The van der Waals surface area contributed by atoms with E-state index in [0.717, 1.165) is 0 Å². The second kappa shape index (κ2) is 9.28. The van der Waals surface area contributed by atoms with Crippen LogP contribution < -0.4 is 4.74 Å². The first-order chi connectivity index (χ1) is 14.4. The van der Waals surface area contributed by atoms with Crippen LogP contribution in [0.4, 0.5) is 4.39 Å². The van der Waals surface area contributed by atoms with Crippen LogP contribution in [-0.4, -0.2) is 48.6 Å². The molecule has 0 bridgehead atoms. The molecule has 1 atom stereocenters. The molecule has 0 aliphatic carbocycles. The molecule has 3 rings (SSSR count). The zero-order valence-electron chi connectivity index (χ0n) is 16.5. The Kier molecular flexibility index (Phi) is 6.74. The molecule has 1 unspecified atom stereocenters. The van der Waals surface area contributed by atoms with Gasteiger partial charge < -0.3 is 19.5 Å². The third kappa shape index (κ3) is 4.17. The Morgan fingerprint density at radius 2 is 1.90 bits per heavy atom. The smallest absolute Gasteiger partial charge is 0.295 e. The van der Waals surface area contributed by atoms with Gasteiger partial charge in [-0.2, -0.15) is 0 Å². The highest BCUT2D eigenvalue weighted by Crippen LogP contribution is 2.40. The molecule has 1 aliphatic heterocycles. The first kappa shape index (κ1) is 21.8. The minimum absolute atomic E-state index is 0.0945. The van der Waals surface area contributed by atoms with Gasteiger partial charge in [-0.05, 0) is 42.8 Å². The van der Waals surface area contributed by atoms with Crippen LogP contribution in [0.25, 0.3) is 5.76 Å². The molecule has 1 heterocycles. The molecule has 0 spiro atoms. The largest absolute Gasteiger partial charge is 0.507 e. The zero-order chi connectivity index (χ0) is 21.8. The minimum atomic E-state index is -0.883. The van der Waals surface area contributed by atoms with Gasteiger partial charge >= 0.3 is 0 Å². The number of halogens is 2. The number of aliphatic hydroxyl groups excluding tert-OH is 1. The fraction of sp³-hybridized carbons (Fsp3) is 0.273. The highest BCUT2D eigenvalue weighted by Gasteiger charge is 2.45. The summed E-state index contributed by atoms with van der Waals surface area (Å²) in [6.45, 7) is 2.55. The van der Waals surface area contributed by atoms with Gasteiger partial charge in [0.2, 0.25) is 0 Å². The van der Waals surface area contributed by atoms with E-state index < -0.39 is 23.5 Å². The second-order valence-corrected chi connectivity index (χ2v) is 7.02. The van der Waals surface area contributed by atoms with Crippen LogP contribution in [0.2, 0.25) is 5.02 Å². The molecule has 2 aromatic rings. The number of carbonyl (C=O) groups excluding carboxylic acids is 2. The minimum Gasteiger partial charge on any atom is -0.507 e. The first-order valence-electron chi connectivity index (χ1n) is 9.34. The SMILES string of the molecule is CCOc1ccc(/C(O)=C2\C(=O)C(=O)N(CCOC)C2c2ccc(F)cc2)cc1Cl. The summed E-state index contributed by atoms with van der Waals surface area (Å²) in [5.41, 5.74) is 0.661. The van der Waals surface area contributed by atoms with E-state index in [2.05, 4.69) is 0 Å². The van der Waals surface area contributed by atoms with Gasteiger partial charge in [-0.1, -0.05) is 23.7 Å². The van der Waals surface area contributed by atoms with E-state index in [4.69, 9.17) is 21.1 Å². The molecule has 1 N–H and O–H groups in total. The summed E-state index contributed by atoms with van der Waals surface area (Å²) in [5.74, 6) is -1.98. The summed E-state index contributed by atoms with van der Waals surface area (Å²) in [7, 11) is 1.48. The lowest BCUT2D eigenvalue weighted by atomic mass is 9.95. The number of ether oxygens (including phenoxy) is 2. The quantitative estimate of drug-likeness (QED) is 0.406. The fourth-order valence-electron chi connectivity index (χ4n) is 3.37. The van der Waals surface area contributed by atoms with Crippen molar-refractivity contribution in [2.24, 2.45) is 0 Å². The third-order valence-corrected chi connectivity index (χ3v) is 5.06. The van der Waals surface area contributed by atoms with Gasteiger partial charge in [0.05, 0.1) is 29.9 Å². The highest BCUT2D eigenvalue weighted by atomic mass is 35.5. The number of rotatable bonds is 7. The van der Waals surface area contributed by atoms with Crippen LogP contribution in [-0.2, 0) is 14.3 Å². The van der Waals surface area contributed by atoms with Crippen LogP contribution in [0.5, 0.6) is 5.75 Å². The van der Waals surface area contributed by atoms with Gasteiger partial charge in [-0.3, -0.25) is 9.59 Å². The van der Waals surface area contributed by atoms with E-state index in [9.17, 15) is 19.1 Å². The number of likely N-dealkylation sites (tertiary alicyclic amines) is 1. The van der Waals surface area contributed by atoms with Crippen molar-refractivity contribution < 1.29 is 28.6 Å². The van der Waals surface area contributed by atoms with Crippen LogP contribution in [0, 0.1) is 5.82 Å². The summed E-state index contributed by atoms with van der Waals surface area (Å²) in [5, 5.41) is 11.2. The molecule has 8 heteroatoms. The van der Waals surface area contributed by atoms with Crippen LogP contribution in [0.1, 0.15) is 24.1 Å². The van der Waals surface area contributed by atoms with Gasteiger partial charge in [0.15, 0.2) is 0 Å². The maximum Gasteiger partial charge on any atom is 0.295 e. The van der Waals surface area contributed by atoms with E-state index in [1.54, 1.807) is 12.1 Å². The lowest BCUT2D eigenvalue weighted by molar-refractivity contribution is -0.140. The lowest BCUT2D eigenvalue weighted by Gasteiger charge is -2.25. The highest BCUT2D eigenvalue weighted by molar-refractivity contribution is 6.46. The predicted molar refractivity (Wildman–Crippen MR) is 110 cm³/mol. The fourth-order valence-corrected chi connectivity index (χ4v) is 3.60. The van der Waals surface area contributed by atoms with E-state index in [0.29, 0.717) is 17.9 Å². The number of Topliss-reactive ketones (excluding diaryl/α,β-unsaturated/α-hetero) is 1. The number of methoxy groups -OCH3 is 1. The average molecular weight is 434 g/mol. The molecule has 0 aromatic heterocycles. The number of ketones is 1. The second-order valence-electron chi connectivity index (χ2n) is 6.62. The van der Waals surface area contributed by atoms with E-state index in [1.165, 1.54) is 42.3 Å². The summed E-state index contributed by atoms with van der Waals surface area (Å²) in [6.07, 6.45) is 0. The maximum atomic E-state index is 13.4. The number of nitrogens with zero attached hydrogens (tertiary/aromatic N) is 1. The van der Waals surface area contributed by atoms with Crippen molar-refractivity contribution in [1.82, 2.24) is 4.90 Å². The molecule has 2 aromatic carbocycles. The van der Waals surface area contributed by atoms with Crippen LogP contribution in [0.15, 0.2) is 48.0 Å². The Bertz CT molecular complexity index is 990. The van der Waals surface area contributed by atoms with Gasteiger partial charge in [0.1, 0.15) is 17.3 Å². The Morgan fingerprint density at radius 1 is 1.20 bits per heavy atom. The van der Waals surface area contributed by atoms with Crippen molar-refractivity contribution in [3.8, 4) is 5.75 Å². The molecule has 1 aliphatic rings. The summed E-state index contributed by atoms with van der Waals surface area (Å²) < 4.78 is 23.9. The number of carbonyl (C=O) groups is 2. The van der Waals surface area contributed by atoms with Crippen LogP contribution >= 0.6 is 11.6 Å². The van der Waals surface area contributed by atoms with Gasteiger partial charge in [-0.25, -0.2) is 4.39 Å². The van der Waals surface area contributed by atoms with Crippen molar-refractivity contribution in [2.45, 2.75) is 13.0 Å². The molecular formula is C22H21ClFNO5. The number of hydrogen-bond acceptors (Lipinski definition) is 5. The predicted octanol–water partition coefficient (Wildman–Crippen LogP) is 3.95. The van der Waals surface area contributed by atoms with Crippen molar-refractivity contribution in [2.75, 3.05) is 26.9 Å². The van der Waals surface area contributed by atoms with Gasteiger partial charge in [-0.15, -0.1) is 0 Å². The average Bonchev–Trinajstić information content (AvgIpc) is 2.98. The molecular weight excluding hydrogens is 413 g/mol. The van der Waals surface area contributed by atoms with Gasteiger partial charge in [0, 0.05) is 19.2 Å². The van der Waals surface area contributed by atoms with E-state index in [-0.39, 0.29) is 35.1 Å². The van der Waals surface area contributed by atoms with Crippen molar-refractivity contribution >= 4 is 29.1 Å². The van der Waals surface area contributed by atoms with Crippen LogP contribution in [0.3, 0.4) is 0 Å². The molecule has 158 valence electrons. The van der Waals surface area contributed by atoms with Gasteiger partial charge in [0.25, 0.3) is 11.7 Å². The summed E-state index contributed by atoms with van der Waals surface area (Å²) in [4.78, 5) is 26.8. The van der Waals surface area contributed by atoms with Crippen molar-refractivity contribution in [1.29, 1.82) is 0 Å². The van der Waals surface area contributed by atoms with Crippen molar-refractivity contribution in [3.63, 3.8) is 0 Å². The van der Waals surface area contributed by atoms with Crippen molar-refractivity contribution in [3.05, 3.63) is 70.0 Å². The molecule has 1 fully saturated rings. The molecule has 1 amide bonds. The topological polar surface area (TPSA) is 76.1 Å². The molecule has 30 heavy (non-hydrogen) atoms. The lowest BCUT2D eigenvalue weighted by Crippen LogP contribution is -2.32. The number of amides is 1. The maximum absolute atomic E-state index is 13.4. The summed E-state index contributed by atoms with van der Waals surface area (Å²) in [6, 6.07) is 9.14. The molecule has 0 saturated carbocycles. The Hall–Kier alpha value is -2.90. The molecule has 1 saturated heterocycles. The molecule has 0 radical (unpaired) electrons. The Balaban J connectivity index is 2.13. The first-order valence-corrected chi connectivity index (χ1v) is 9.72. The standard InChI is InChI=1S/C22H21ClFNO5/c1-3-30-17-9-6-14(12-16(17)23)20(26)18-19(13-4-7-15(24)8-5-13)25(10-11-29-2)22(28)21(18)27/h4-9,12,19,26H,3,10-11H2,1-2H3/b20-18+.